The van der Waals surface area contributed by atoms with Crippen molar-refractivity contribution < 1.29 is 13.6 Å². The van der Waals surface area contributed by atoms with E-state index in [0.717, 1.165) is 42.9 Å². The molecule has 0 atom stereocenters. The zero-order valence-corrected chi connectivity index (χ0v) is 37.0. The quantitative estimate of drug-likeness (QED) is 0.121. The molecule has 1 aliphatic heterocycles. The third-order valence-electron chi connectivity index (χ3n) is 12.0. The van der Waals surface area contributed by atoms with Gasteiger partial charge in [0.05, 0.1) is 24.9 Å². The van der Waals surface area contributed by atoms with Crippen LogP contribution in [0.1, 0.15) is 112 Å². The molecule has 1 amide bonds. The van der Waals surface area contributed by atoms with Gasteiger partial charge in [0.1, 0.15) is 5.82 Å². The molecular formula is C39H68N6O3SSi2. The molecule has 4 rings (SSSR count). The van der Waals surface area contributed by atoms with Crippen molar-refractivity contribution >= 4 is 51.8 Å². The molecule has 0 bridgehead atoms. The van der Waals surface area contributed by atoms with E-state index in [9.17, 15) is 4.79 Å². The van der Waals surface area contributed by atoms with Gasteiger partial charge in [-0.15, -0.1) is 0 Å². The molecule has 0 unspecified atom stereocenters. The minimum Gasteiger partial charge on any atom is -0.414 e. The van der Waals surface area contributed by atoms with Crippen molar-refractivity contribution in [1.29, 1.82) is 0 Å². The molecule has 0 radical (unpaired) electrons. The van der Waals surface area contributed by atoms with Crippen LogP contribution in [0, 0.1) is 5.41 Å². The normalized spacial score (nSPS) is 17.1. The molecule has 1 spiro atoms. The maximum absolute atomic E-state index is 14.0. The maximum atomic E-state index is 14.0. The van der Waals surface area contributed by atoms with E-state index in [1.54, 1.807) is 18.1 Å². The molecule has 9 nitrogen and oxygen atoms in total. The van der Waals surface area contributed by atoms with E-state index in [4.69, 9.17) is 18.8 Å². The van der Waals surface area contributed by atoms with Crippen LogP contribution in [0.4, 0.5) is 17.3 Å². The van der Waals surface area contributed by atoms with E-state index in [0.29, 0.717) is 36.0 Å². The topological polar surface area (TPSA) is 101 Å². The van der Waals surface area contributed by atoms with Crippen molar-refractivity contribution in [2.45, 2.75) is 154 Å². The Hall–Kier alpha value is -1.97. The molecule has 2 heterocycles. The fourth-order valence-corrected chi connectivity index (χ4v) is 8.42. The number of rotatable bonds is 15. The van der Waals surface area contributed by atoms with Crippen molar-refractivity contribution in [3.05, 3.63) is 36.2 Å². The zero-order chi connectivity index (χ0) is 38.1. The van der Waals surface area contributed by atoms with Crippen molar-refractivity contribution in [1.82, 2.24) is 14.7 Å². The van der Waals surface area contributed by atoms with Gasteiger partial charge in [0.2, 0.25) is 0 Å². The van der Waals surface area contributed by atoms with Crippen molar-refractivity contribution in [3.8, 4) is 0 Å². The summed E-state index contributed by atoms with van der Waals surface area (Å²) in [4.78, 5) is 27.3. The van der Waals surface area contributed by atoms with E-state index < -0.39 is 22.2 Å². The smallest absolute Gasteiger partial charge is 0.278 e. The van der Waals surface area contributed by atoms with Gasteiger partial charge < -0.3 is 24.4 Å². The van der Waals surface area contributed by atoms with Gasteiger partial charge in [-0.1, -0.05) is 54.5 Å². The summed E-state index contributed by atoms with van der Waals surface area (Å²) in [5, 5.41) is 6.99. The van der Waals surface area contributed by atoms with Crippen LogP contribution in [0.2, 0.25) is 36.3 Å². The van der Waals surface area contributed by atoms with Gasteiger partial charge in [0, 0.05) is 29.2 Å². The average Bonchev–Trinajstić information content (AvgIpc) is 3.80. The van der Waals surface area contributed by atoms with Crippen LogP contribution in [-0.4, -0.2) is 69.9 Å². The lowest BCUT2D eigenvalue weighted by Crippen LogP contribution is -2.53. The predicted molar refractivity (Wildman–Crippen MR) is 221 cm³/mol. The SMILES string of the molecule is CCC(C)(C)NSc1cccc(NC(=O)c2ncc(NC(C)(CO[Si](C)(C)C(C)(C)C)CO[Si](C)(C)C(C)(C)C)nc2N2CCC3(CC2)CC3)c1. The molecular weight excluding hydrogens is 689 g/mol. The first-order valence-corrected chi connectivity index (χ1v) is 25.6. The number of nitrogens with one attached hydrogen (secondary N) is 3. The highest BCUT2D eigenvalue weighted by atomic mass is 32.2. The number of hydrogen-bond donors (Lipinski definition) is 3. The fourth-order valence-electron chi connectivity index (χ4n) is 5.32. The molecule has 3 N–H and O–H groups in total. The van der Waals surface area contributed by atoms with Gasteiger partial charge in [0.25, 0.3) is 5.91 Å². The minimum absolute atomic E-state index is 0.00146. The second-order valence-electron chi connectivity index (χ2n) is 19.1. The number of benzene rings is 1. The molecule has 1 saturated heterocycles. The summed E-state index contributed by atoms with van der Waals surface area (Å²) in [6.45, 7) is 34.1. The van der Waals surface area contributed by atoms with Crippen LogP contribution in [0.3, 0.4) is 0 Å². The van der Waals surface area contributed by atoms with Crippen molar-refractivity contribution in [3.63, 3.8) is 0 Å². The summed E-state index contributed by atoms with van der Waals surface area (Å²) in [7, 11) is -4.12. The highest BCUT2D eigenvalue weighted by Gasteiger charge is 2.46. The highest BCUT2D eigenvalue weighted by Crippen LogP contribution is 2.54. The van der Waals surface area contributed by atoms with Gasteiger partial charge in [0.15, 0.2) is 28.1 Å². The van der Waals surface area contributed by atoms with E-state index >= 15 is 0 Å². The van der Waals surface area contributed by atoms with Crippen LogP contribution in [-0.2, 0) is 8.85 Å². The number of hydrogen-bond acceptors (Lipinski definition) is 9. The number of amides is 1. The Labute approximate surface area is 316 Å². The Kier molecular flexibility index (Phi) is 12.6. The third kappa shape index (κ3) is 11.0. The molecule has 1 aromatic carbocycles. The molecule has 12 heteroatoms. The number of carbonyl (C=O) groups is 1. The van der Waals surface area contributed by atoms with Crippen LogP contribution in [0.15, 0.2) is 35.4 Å². The number of piperidine rings is 1. The summed E-state index contributed by atoms with van der Waals surface area (Å²) in [5.41, 5.74) is 0.986. The second kappa shape index (κ2) is 15.4. The first-order chi connectivity index (χ1) is 23.4. The summed E-state index contributed by atoms with van der Waals surface area (Å²) in [6.07, 6.45) is 7.55. The maximum Gasteiger partial charge on any atom is 0.278 e. The molecule has 1 aromatic heterocycles. The standard InChI is InChI=1S/C39H68N6O3SSi2/c1-15-37(8,9)44-49-30-18-16-17-29(25-30)41-34(46)32-33(45-23-21-39(19-20-39)22-24-45)42-31(26-40-32)43-38(10,27-47-50(11,12)35(2,3)4)28-48-51(13,14)36(5,6)7/h16-18,25-26,44H,15,19-24,27-28H2,1-14H3,(H,41,46)(H,42,43). The van der Waals surface area contributed by atoms with Crippen LogP contribution in [0.5, 0.6) is 0 Å². The summed E-state index contributed by atoms with van der Waals surface area (Å²) in [5.74, 6) is 0.990. The predicted octanol–water partition coefficient (Wildman–Crippen LogP) is 10.1. The number of aromatic nitrogens is 2. The van der Waals surface area contributed by atoms with Gasteiger partial charge in [-0.3, -0.25) is 9.52 Å². The Bertz CT molecular complexity index is 1480. The lowest BCUT2D eigenvalue weighted by Gasteiger charge is -2.43. The van der Waals surface area contributed by atoms with Crippen LogP contribution < -0.4 is 20.3 Å². The highest BCUT2D eigenvalue weighted by molar-refractivity contribution is 7.97. The fraction of sp³-hybridized carbons (Fsp3) is 0.718. The molecule has 286 valence electrons. The summed E-state index contributed by atoms with van der Waals surface area (Å²) >= 11 is 1.58. The largest absolute Gasteiger partial charge is 0.414 e. The zero-order valence-electron chi connectivity index (χ0n) is 34.2. The Morgan fingerprint density at radius 3 is 1.98 bits per heavy atom. The average molecular weight is 757 g/mol. The molecule has 2 aliphatic rings. The lowest BCUT2D eigenvalue weighted by atomic mass is 9.93. The van der Waals surface area contributed by atoms with Gasteiger partial charge >= 0.3 is 0 Å². The molecule has 2 aromatic rings. The molecule has 2 fully saturated rings. The number of carbonyl (C=O) groups excluding carboxylic acids is 1. The summed E-state index contributed by atoms with van der Waals surface area (Å²) < 4.78 is 17.2. The molecule has 1 saturated carbocycles. The monoisotopic (exact) mass is 756 g/mol. The van der Waals surface area contributed by atoms with Gasteiger partial charge in [-0.05, 0) is 125 Å². The second-order valence-corrected chi connectivity index (χ2v) is 29.6. The third-order valence-corrected chi connectivity index (χ3v) is 22.1. The van der Waals surface area contributed by atoms with Crippen molar-refractivity contribution in [2.24, 2.45) is 5.41 Å². The van der Waals surface area contributed by atoms with E-state index in [1.165, 1.54) is 12.8 Å². The number of anilines is 3. The van der Waals surface area contributed by atoms with Gasteiger partial charge in [-0.25, -0.2) is 9.97 Å². The number of nitrogens with zero attached hydrogens (tertiary/aromatic N) is 3. The van der Waals surface area contributed by atoms with Gasteiger partial charge in [-0.2, -0.15) is 0 Å². The van der Waals surface area contributed by atoms with Crippen LogP contribution in [0.25, 0.3) is 0 Å². The van der Waals surface area contributed by atoms with E-state index in [1.807, 2.05) is 24.3 Å². The first kappa shape index (κ1) is 41.8. The van der Waals surface area contributed by atoms with Crippen LogP contribution >= 0.6 is 11.9 Å². The Morgan fingerprint density at radius 2 is 1.47 bits per heavy atom. The summed E-state index contributed by atoms with van der Waals surface area (Å²) in [6, 6.07) is 7.94. The van der Waals surface area contributed by atoms with E-state index in [2.05, 4.69) is 116 Å². The first-order valence-electron chi connectivity index (χ1n) is 18.9. The minimum atomic E-state index is -2.06. The molecule has 51 heavy (non-hydrogen) atoms. The Morgan fingerprint density at radius 1 is 0.902 bits per heavy atom. The lowest BCUT2D eigenvalue weighted by molar-refractivity contribution is 0.102. The van der Waals surface area contributed by atoms with E-state index in [-0.39, 0.29) is 21.5 Å². The Balaban J connectivity index is 1.63. The molecule has 1 aliphatic carbocycles. The van der Waals surface area contributed by atoms with Crippen molar-refractivity contribution in [2.75, 3.05) is 41.8 Å².